The average molecular weight is 336 g/mol. The standard InChI is InChI=1S/C11H12Br2O2/c1-2-10(14)9-7-8(13)3-4-11(9)15-6-5-12/h3-4,7H,2,5-6H2,1H3. The maximum absolute atomic E-state index is 11.6. The molecule has 1 aromatic rings. The highest BCUT2D eigenvalue weighted by atomic mass is 79.9. The predicted molar refractivity (Wildman–Crippen MR) is 68.1 cm³/mol. The Morgan fingerprint density at radius 3 is 2.80 bits per heavy atom. The van der Waals surface area contributed by atoms with Crippen LogP contribution in [0.1, 0.15) is 23.7 Å². The summed E-state index contributed by atoms with van der Waals surface area (Å²) in [4.78, 5) is 11.6. The average Bonchev–Trinajstić information content (AvgIpc) is 2.26. The fraction of sp³-hybridized carbons (Fsp3) is 0.364. The Bertz CT molecular complexity index is 350. The molecule has 0 aromatic heterocycles. The molecule has 0 radical (unpaired) electrons. The summed E-state index contributed by atoms with van der Waals surface area (Å²) in [6.07, 6.45) is 0.487. The first kappa shape index (κ1) is 12.7. The van der Waals surface area contributed by atoms with Gasteiger partial charge < -0.3 is 4.74 Å². The number of ketones is 1. The number of Topliss-reactive ketones (excluding diaryl/α,β-unsaturated/α-hetero) is 1. The molecule has 0 fully saturated rings. The van der Waals surface area contributed by atoms with Crippen molar-refractivity contribution < 1.29 is 9.53 Å². The fourth-order valence-electron chi connectivity index (χ4n) is 1.18. The maximum atomic E-state index is 11.6. The van der Waals surface area contributed by atoms with Gasteiger partial charge in [-0.05, 0) is 18.2 Å². The molecule has 0 N–H and O–H groups in total. The van der Waals surface area contributed by atoms with Gasteiger partial charge in [-0.2, -0.15) is 0 Å². The van der Waals surface area contributed by atoms with E-state index in [2.05, 4.69) is 31.9 Å². The minimum Gasteiger partial charge on any atom is -0.492 e. The minimum atomic E-state index is 0.0980. The molecule has 0 spiro atoms. The van der Waals surface area contributed by atoms with Gasteiger partial charge in [0.05, 0.1) is 12.2 Å². The van der Waals surface area contributed by atoms with Crippen molar-refractivity contribution in [3.05, 3.63) is 28.2 Å². The number of ether oxygens (including phenoxy) is 1. The van der Waals surface area contributed by atoms with Crippen molar-refractivity contribution >= 4 is 37.6 Å². The molecule has 0 heterocycles. The van der Waals surface area contributed by atoms with E-state index >= 15 is 0 Å². The smallest absolute Gasteiger partial charge is 0.166 e. The molecule has 0 aliphatic carbocycles. The third kappa shape index (κ3) is 3.61. The van der Waals surface area contributed by atoms with Crippen LogP contribution in [-0.4, -0.2) is 17.7 Å². The number of hydrogen-bond donors (Lipinski definition) is 0. The number of benzene rings is 1. The van der Waals surface area contributed by atoms with Crippen molar-refractivity contribution in [2.75, 3.05) is 11.9 Å². The summed E-state index contributed by atoms with van der Waals surface area (Å²) in [5.74, 6) is 0.755. The molecule has 0 saturated carbocycles. The Hall–Kier alpha value is -0.350. The highest BCUT2D eigenvalue weighted by molar-refractivity contribution is 9.10. The van der Waals surface area contributed by atoms with Gasteiger partial charge in [0.1, 0.15) is 5.75 Å². The second-order valence-electron chi connectivity index (χ2n) is 2.95. The Morgan fingerprint density at radius 1 is 1.47 bits per heavy atom. The van der Waals surface area contributed by atoms with Crippen LogP contribution >= 0.6 is 31.9 Å². The molecule has 4 heteroatoms. The van der Waals surface area contributed by atoms with Gasteiger partial charge >= 0.3 is 0 Å². The third-order valence-corrected chi connectivity index (χ3v) is 2.71. The molecule has 0 atom stereocenters. The van der Waals surface area contributed by atoms with Crippen molar-refractivity contribution in [1.29, 1.82) is 0 Å². The molecule has 0 unspecified atom stereocenters. The second kappa shape index (κ2) is 6.28. The lowest BCUT2D eigenvalue weighted by molar-refractivity contribution is 0.0984. The summed E-state index contributed by atoms with van der Waals surface area (Å²) in [7, 11) is 0. The van der Waals surface area contributed by atoms with Crippen molar-refractivity contribution in [2.45, 2.75) is 13.3 Å². The Balaban J connectivity index is 2.97. The van der Waals surface area contributed by atoms with Crippen LogP contribution in [0.4, 0.5) is 0 Å². The van der Waals surface area contributed by atoms with Crippen LogP contribution in [0.3, 0.4) is 0 Å². The highest BCUT2D eigenvalue weighted by Gasteiger charge is 2.11. The van der Waals surface area contributed by atoms with Crippen LogP contribution < -0.4 is 4.74 Å². The zero-order valence-corrected chi connectivity index (χ0v) is 11.6. The quantitative estimate of drug-likeness (QED) is 0.604. The lowest BCUT2D eigenvalue weighted by atomic mass is 10.1. The Labute approximate surface area is 106 Å². The molecule has 0 aliphatic heterocycles. The summed E-state index contributed by atoms with van der Waals surface area (Å²) in [6, 6.07) is 5.49. The molecule has 1 rings (SSSR count). The zero-order valence-electron chi connectivity index (χ0n) is 8.43. The first-order valence-electron chi connectivity index (χ1n) is 4.70. The van der Waals surface area contributed by atoms with E-state index in [1.54, 1.807) is 6.07 Å². The molecular weight excluding hydrogens is 324 g/mol. The van der Waals surface area contributed by atoms with Crippen molar-refractivity contribution in [3.8, 4) is 5.75 Å². The zero-order chi connectivity index (χ0) is 11.3. The van der Waals surface area contributed by atoms with Crippen LogP contribution in [0.5, 0.6) is 5.75 Å². The van der Waals surface area contributed by atoms with E-state index in [4.69, 9.17) is 4.74 Å². The lowest BCUT2D eigenvalue weighted by Gasteiger charge is -2.09. The van der Waals surface area contributed by atoms with Crippen molar-refractivity contribution in [3.63, 3.8) is 0 Å². The number of rotatable bonds is 5. The Kier molecular flexibility index (Phi) is 5.32. The summed E-state index contributed by atoms with van der Waals surface area (Å²) >= 11 is 6.63. The lowest BCUT2D eigenvalue weighted by Crippen LogP contribution is -2.05. The van der Waals surface area contributed by atoms with Gasteiger partial charge in [0.2, 0.25) is 0 Å². The second-order valence-corrected chi connectivity index (χ2v) is 4.66. The van der Waals surface area contributed by atoms with Crippen molar-refractivity contribution in [2.24, 2.45) is 0 Å². The Morgan fingerprint density at radius 2 is 2.20 bits per heavy atom. The van der Waals surface area contributed by atoms with Gasteiger partial charge in [-0.25, -0.2) is 0 Å². The first-order valence-corrected chi connectivity index (χ1v) is 6.62. The fourth-order valence-corrected chi connectivity index (χ4v) is 1.71. The van der Waals surface area contributed by atoms with E-state index in [-0.39, 0.29) is 5.78 Å². The molecule has 0 saturated heterocycles. The first-order chi connectivity index (χ1) is 7.19. The molecule has 15 heavy (non-hydrogen) atoms. The minimum absolute atomic E-state index is 0.0980. The summed E-state index contributed by atoms with van der Waals surface area (Å²) < 4.78 is 6.37. The molecule has 82 valence electrons. The van der Waals surface area contributed by atoms with E-state index < -0.39 is 0 Å². The van der Waals surface area contributed by atoms with E-state index in [0.29, 0.717) is 24.3 Å². The SMILES string of the molecule is CCC(=O)c1cc(Br)ccc1OCCBr. The van der Waals surface area contributed by atoms with Crippen LogP contribution in [0.25, 0.3) is 0 Å². The van der Waals surface area contributed by atoms with Crippen LogP contribution in [0.2, 0.25) is 0 Å². The monoisotopic (exact) mass is 334 g/mol. The summed E-state index contributed by atoms with van der Waals surface area (Å²) in [5, 5.41) is 0.753. The number of carbonyl (C=O) groups excluding carboxylic acids is 1. The van der Waals surface area contributed by atoms with E-state index in [1.165, 1.54) is 0 Å². The molecule has 2 nitrogen and oxygen atoms in total. The predicted octanol–water partition coefficient (Wildman–Crippen LogP) is 3.82. The molecular formula is C11H12Br2O2. The van der Waals surface area contributed by atoms with Gasteiger partial charge in [0.25, 0.3) is 0 Å². The summed E-state index contributed by atoms with van der Waals surface area (Å²) in [5.41, 5.74) is 0.646. The molecule has 0 amide bonds. The number of carbonyl (C=O) groups is 1. The van der Waals surface area contributed by atoms with Crippen LogP contribution in [0, 0.1) is 0 Å². The highest BCUT2D eigenvalue weighted by Crippen LogP contribution is 2.24. The van der Waals surface area contributed by atoms with E-state index in [0.717, 1.165) is 9.80 Å². The van der Waals surface area contributed by atoms with Gasteiger partial charge in [-0.1, -0.05) is 38.8 Å². The van der Waals surface area contributed by atoms with Gasteiger partial charge in [-0.3, -0.25) is 4.79 Å². The summed E-state index contributed by atoms with van der Waals surface area (Å²) in [6.45, 7) is 2.41. The van der Waals surface area contributed by atoms with E-state index in [1.807, 2.05) is 19.1 Å². The van der Waals surface area contributed by atoms with Gasteiger partial charge in [0, 0.05) is 16.2 Å². The number of hydrogen-bond acceptors (Lipinski definition) is 2. The van der Waals surface area contributed by atoms with E-state index in [9.17, 15) is 4.79 Å². The van der Waals surface area contributed by atoms with Crippen molar-refractivity contribution in [1.82, 2.24) is 0 Å². The normalized spacial score (nSPS) is 10.1. The maximum Gasteiger partial charge on any atom is 0.166 e. The molecule has 0 aliphatic rings. The van der Waals surface area contributed by atoms with Gasteiger partial charge in [-0.15, -0.1) is 0 Å². The number of alkyl halides is 1. The number of halogens is 2. The topological polar surface area (TPSA) is 26.3 Å². The largest absolute Gasteiger partial charge is 0.492 e. The molecule has 0 bridgehead atoms. The van der Waals surface area contributed by atoms with Crippen LogP contribution in [-0.2, 0) is 0 Å². The third-order valence-electron chi connectivity index (χ3n) is 1.90. The molecule has 1 aromatic carbocycles. The van der Waals surface area contributed by atoms with Gasteiger partial charge in [0.15, 0.2) is 5.78 Å². The van der Waals surface area contributed by atoms with Crippen LogP contribution in [0.15, 0.2) is 22.7 Å².